The standard InChI is InChI=1S/C24H16N6O4/c31-20-9-8-19(22(32)26-20)30-23(33)15-5-3-7-18(21(15)24(30)34)29-12-17(27-28-29)14-10-11-25-16-6-2-1-4-13(14)16/h1-7,10-12,19H,8-9H2,(H,26,31,32). The molecule has 0 radical (unpaired) electrons. The van der Waals surface area contributed by atoms with Crippen molar-refractivity contribution < 1.29 is 19.2 Å². The van der Waals surface area contributed by atoms with E-state index in [9.17, 15) is 19.2 Å². The van der Waals surface area contributed by atoms with Crippen LogP contribution in [0.3, 0.4) is 0 Å². The van der Waals surface area contributed by atoms with Gasteiger partial charge in [0.05, 0.1) is 28.5 Å². The molecule has 4 amide bonds. The fourth-order valence-electron chi connectivity index (χ4n) is 4.51. The fraction of sp³-hybridized carbons (Fsp3) is 0.125. The van der Waals surface area contributed by atoms with Gasteiger partial charge in [-0.2, -0.15) is 0 Å². The van der Waals surface area contributed by atoms with Gasteiger partial charge < -0.3 is 0 Å². The van der Waals surface area contributed by atoms with Gasteiger partial charge in [0.1, 0.15) is 11.7 Å². The lowest BCUT2D eigenvalue weighted by Crippen LogP contribution is -2.54. The lowest BCUT2D eigenvalue weighted by Gasteiger charge is -2.27. The van der Waals surface area contributed by atoms with E-state index in [-0.39, 0.29) is 24.0 Å². The quantitative estimate of drug-likeness (QED) is 0.470. The van der Waals surface area contributed by atoms with Crippen LogP contribution in [0.2, 0.25) is 0 Å². The van der Waals surface area contributed by atoms with Crippen LogP contribution < -0.4 is 5.32 Å². The summed E-state index contributed by atoms with van der Waals surface area (Å²) < 4.78 is 1.45. The molecule has 2 aromatic carbocycles. The number of pyridine rings is 1. The highest BCUT2D eigenvalue weighted by Gasteiger charge is 2.45. The number of hydrogen-bond acceptors (Lipinski definition) is 7. The monoisotopic (exact) mass is 452 g/mol. The van der Waals surface area contributed by atoms with Crippen molar-refractivity contribution in [1.82, 2.24) is 30.2 Å². The van der Waals surface area contributed by atoms with Crippen molar-refractivity contribution in [2.75, 3.05) is 0 Å². The van der Waals surface area contributed by atoms with Gasteiger partial charge in [0, 0.05) is 23.6 Å². The zero-order chi connectivity index (χ0) is 23.4. The third-order valence-electron chi connectivity index (χ3n) is 6.11. The van der Waals surface area contributed by atoms with Gasteiger partial charge in [-0.05, 0) is 30.7 Å². The number of amides is 4. The first-order chi connectivity index (χ1) is 16.5. The largest absolute Gasteiger partial charge is 0.295 e. The predicted octanol–water partition coefficient (Wildman–Crippen LogP) is 1.88. The molecule has 6 rings (SSSR count). The summed E-state index contributed by atoms with van der Waals surface area (Å²) in [4.78, 5) is 55.6. The van der Waals surface area contributed by atoms with Gasteiger partial charge in [-0.25, -0.2) is 4.68 Å². The molecule has 34 heavy (non-hydrogen) atoms. The molecule has 4 aromatic rings. The molecule has 1 N–H and O–H groups in total. The van der Waals surface area contributed by atoms with E-state index in [0.717, 1.165) is 21.4 Å². The summed E-state index contributed by atoms with van der Waals surface area (Å²) in [6.07, 6.45) is 3.53. The Morgan fingerprint density at radius 3 is 2.62 bits per heavy atom. The number of nitrogens with zero attached hydrogens (tertiary/aromatic N) is 5. The third-order valence-corrected chi connectivity index (χ3v) is 6.11. The van der Waals surface area contributed by atoms with E-state index in [1.807, 2.05) is 30.3 Å². The van der Waals surface area contributed by atoms with Gasteiger partial charge in [0.2, 0.25) is 11.8 Å². The molecule has 2 aliphatic heterocycles. The molecule has 1 fully saturated rings. The molecular formula is C24H16N6O4. The number of benzene rings is 2. The van der Waals surface area contributed by atoms with Gasteiger partial charge in [-0.3, -0.25) is 34.4 Å². The molecule has 166 valence electrons. The molecule has 0 aliphatic carbocycles. The zero-order valence-corrected chi connectivity index (χ0v) is 17.6. The topological polar surface area (TPSA) is 127 Å². The zero-order valence-electron chi connectivity index (χ0n) is 17.6. The van der Waals surface area contributed by atoms with Crippen molar-refractivity contribution in [1.29, 1.82) is 0 Å². The molecule has 1 atom stereocenters. The third kappa shape index (κ3) is 2.92. The Bertz CT molecular complexity index is 1540. The molecule has 2 aromatic heterocycles. The fourth-order valence-corrected chi connectivity index (χ4v) is 4.51. The van der Waals surface area contributed by atoms with E-state index in [4.69, 9.17) is 0 Å². The molecule has 1 unspecified atom stereocenters. The van der Waals surface area contributed by atoms with Crippen LogP contribution >= 0.6 is 0 Å². The average molecular weight is 452 g/mol. The van der Waals surface area contributed by atoms with Crippen LogP contribution in [-0.4, -0.2) is 54.5 Å². The molecule has 4 heterocycles. The number of hydrogen-bond donors (Lipinski definition) is 1. The number of carbonyl (C=O) groups is 4. The van der Waals surface area contributed by atoms with E-state index < -0.39 is 29.7 Å². The molecule has 10 heteroatoms. The maximum Gasteiger partial charge on any atom is 0.264 e. The van der Waals surface area contributed by atoms with Crippen molar-refractivity contribution in [3.63, 3.8) is 0 Å². The Hall–Kier alpha value is -4.73. The van der Waals surface area contributed by atoms with Crippen LogP contribution in [0.4, 0.5) is 0 Å². The molecule has 0 spiro atoms. The summed E-state index contributed by atoms with van der Waals surface area (Å²) in [5.41, 5.74) is 2.93. The maximum atomic E-state index is 13.3. The molecule has 2 aliphatic rings. The number of aromatic nitrogens is 4. The number of carbonyl (C=O) groups excluding carboxylic acids is 4. The van der Waals surface area contributed by atoms with Crippen molar-refractivity contribution in [2.45, 2.75) is 18.9 Å². The highest BCUT2D eigenvalue weighted by Crippen LogP contribution is 2.32. The van der Waals surface area contributed by atoms with E-state index >= 15 is 0 Å². The Morgan fingerprint density at radius 1 is 0.912 bits per heavy atom. The highest BCUT2D eigenvalue weighted by atomic mass is 16.2. The second-order valence-corrected chi connectivity index (χ2v) is 8.07. The Kier molecular flexibility index (Phi) is 4.34. The first kappa shape index (κ1) is 19.9. The van der Waals surface area contributed by atoms with Crippen molar-refractivity contribution in [2.24, 2.45) is 0 Å². The molecule has 10 nitrogen and oxygen atoms in total. The number of rotatable bonds is 3. The first-order valence-corrected chi connectivity index (χ1v) is 10.6. The molecule has 0 bridgehead atoms. The second-order valence-electron chi connectivity index (χ2n) is 8.07. The smallest absolute Gasteiger partial charge is 0.264 e. The van der Waals surface area contributed by atoms with Gasteiger partial charge in [-0.15, -0.1) is 5.10 Å². The Balaban J connectivity index is 1.41. The summed E-state index contributed by atoms with van der Waals surface area (Å²) in [7, 11) is 0. The molecule has 1 saturated heterocycles. The Morgan fingerprint density at radius 2 is 1.76 bits per heavy atom. The lowest BCUT2D eigenvalue weighted by atomic mass is 10.0. The summed E-state index contributed by atoms with van der Waals surface area (Å²) in [5.74, 6) is -2.24. The summed E-state index contributed by atoms with van der Waals surface area (Å²) >= 11 is 0. The predicted molar refractivity (Wildman–Crippen MR) is 119 cm³/mol. The van der Waals surface area contributed by atoms with Crippen LogP contribution in [-0.2, 0) is 9.59 Å². The van der Waals surface area contributed by atoms with Gasteiger partial charge in [0.15, 0.2) is 0 Å². The minimum Gasteiger partial charge on any atom is -0.295 e. The van der Waals surface area contributed by atoms with Gasteiger partial charge in [0.25, 0.3) is 11.8 Å². The van der Waals surface area contributed by atoms with Gasteiger partial charge >= 0.3 is 0 Å². The minimum atomic E-state index is -1.03. The second kappa shape index (κ2) is 7.41. The van der Waals surface area contributed by atoms with Crippen LogP contribution in [0, 0.1) is 0 Å². The first-order valence-electron chi connectivity index (χ1n) is 10.6. The summed E-state index contributed by atoms with van der Waals surface area (Å²) in [6, 6.07) is 13.3. The highest BCUT2D eigenvalue weighted by molar-refractivity contribution is 6.24. The van der Waals surface area contributed by atoms with E-state index in [1.54, 1.807) is 30.6 Å². The maximum absolute atomic E-state index is 13.3. The van der Waals surface area contributed by atoms with Crippen LogP contribution in [0.1, 0.15) is 33.6 Å². The average Bonchev–Trinajstić information content (AvgIpc) is 3.43. The van der Waals surface area contributed by atoms with Crippen LogP contribution in [0.25, 0.3) is 27.8 Å². The van der Waals surface area contributed by atoms with Crippen molar-refractivity contribution in [3.05, 3.63) is 72.1 Å². The number of imide groups is 2. The lowest BCUT2D eigenvalue weighted by molar-refractivity contribution is -0.136. The van der Waals surface area contributed by atoms with Crippen molar-refractivity contribution in [3.8, 4) is 16.9 Å². The van der Waals surface area contributed by atoms with E-state index in [0.29, 0.717) is 11.4 Å². The van der Waals surface area contributed by atoms with Crippen molar-refractivity contribution >= 4 is 34.5 Å². The molecule has 0 saturated carbocycles. The minimum absolute atomic E-state index is 0.0585. The normalized spacial score (nSPS) is 17.9. The SMILES string of the molecule is O=C1CCC(N2C(=O)c3cccc(-n4cc(-c5ccnc6ccccc56)nn4)c3C2=O)C(=O)N1. The van der Waals surface area contributed by atoms with Gasteiger partial charge in [-0.1, -0.05) is 29.5 Å². The van der Waals surface area contributed by atoms with Crippen LogP contribution in [0.15, 0.2) is 60.9 Å². The number of piperidine rings is 1. The summed E-state index contributed by atoms with van der Waals surface area (Å²) in [5, 5.41) is 11.6. The number of nitrogens with one attached hydrogen (secondary N) is 1. The Labute approximate surface area is 192 Å². The van der Waals surface area contributed by atoms with E-state index in [2.05, 4.69) is 20.6 Å². The molecular weight excluding hydrogens is 436 g/mol. The van der Waals surface area contributed by atoms with E-state index in [1.165, 1.54) is 4.68 Å². The number of fused-ring (bicyclic) bond motifs is 2. The summed E-state index contributed by atoms with van der Waals surface area (Å²) in [6.45, 7) is 0. The van der Waals surface area contributed by atoms with Crippen LogP contribution in [0.5, 0.6) is 0 Å². The number of para-hydroxylation sites is 1.